The SMILES string of the molecule is CCNC(=NCCC(C)(C)C)N1CC[C@@H](O)C1. The normalized spacial score (nSPS) is 22.1. The second kappa shape index (κ2) is 6.24. The minimum absolute atomic E-state index is 0.193. The third kappa shape index (κ3) is 5.39. The van der Waals surface area contributed by atoms with Crippen molar-refractivity contribution in [1.29, 1.82) is 0 Å². The third-order valence-corrected chi connectivity index (χ3v) is 2.92. The number of nitrogens with zero attached hydrogens (tertiary/aromatic N) is 2. The summed E-state index contributed by atoms with van der Waals surface area (Å²) in [6.45, 7) is 12.1. The summed E-state index contributed by atoms with van der Waals surface area (Å²) in [6.07, 6.45) is 1.74. The Balaban J connectivity index is 2.50. The second-order valence-corrected chi connectivity index (χ2v) is 5.93. The molecule has 1 aliphatic rings. The van der Waals surface area contributed by atoms with Crippen LogP contribution in [0.2, 0.25) is 0 Å². The minimum Gasteiger partial charge on any atom is -0.391 e. The summed E-state index contributed by atoms with van der Waals surface area (Å²) in [5.41, 5.74) is 0.325. The Morgan fingerprint density at radius 2 is 2.18 bits per heavy atom. The molecule has 4 nitrogen and oxygen atoms in total. The van der Waals surface area contributed by atoms with Gasteiger partial charge >= 0.3 is 0 Å². The fourth-order valence-electron chi connectivity index (χ4n) is 1.86. The molecule has 2 N–H and O–H groups in total. The monoisotopic (exact) mass is 241 g/mol. The number of aliphatic hydroxyl groups is 1. The van der Waals surface area contributed by atoms with Crippen LogP contribution in [-0.2, 0) is 0 Å². The quantitative estimate of drug-likeness (QED) is 0.581. The van der Waals surface area contributed by atoms with Crippen LogP contribution in [0.15, 0.2) is 4.99 Å². The average Bonchev–Trinajstić information content (AvgIpc) is 2.62. The molecule has 0 aromatic rings. The molecule has 0 aromatic heterocycles. The van der Waals surface area contributed by atoms with E-state index in [0.717, 1.165) is 38.4 Å². The zero-order valence-corrected chi connectivity index (χ0v) is 11.7. The summed E-state index contributed by atoms with van der Waals surface area (Å²) in [4.78, 5) is 6.79. The van der Waals surface area contributed by atoms with Gasteiger partial charge in [-0.15, -0.1) is 0 Å². The number of aliphatic hydroxyl groups excluding tert-OH is 1. The number of likely N-dealkylation sites (tertiary alicyclic amines) is 1. The first-order valence-electron chi connectivity index (χ1n) is 6.63. The smallest absolute Gasteiger partial charge is 0.194 e. The van der Waals surface area contributed by atoms with Crippen LogP contribution < -0.4 is 5.32 Å². The maximum absolute atomic E-state index is 9.55. The number of aliphatic imine (C=N–C) groups is 1. The molecule has 0 amide bonds. The Hall–Kier alpha value is -0.770. The van der Waals surface area contributed by atoms with E-state index in [2.05, 4.69) is 42.9 Å². The van der Waals surface area contributed by atoms with Gasteiger partial charge < -0.3 is 15.3 Å². The van der Waals surface area contributed by atoms with Crippen molar-refractivity contribution >= 4 is 5.96 Å². The van der Waals surface area contributed by atoms with E-state index in [0.29, 0.717) is 12.0 Å². The first-order chi connectivity index (χ1) is 7.92. The lowest BCUT2D eigenvalue weighted by molar-refractivity contribution is 0.187. The highest BCUT2D eigenvalue weighted by Crippen LogP contribution is 2.18. The van der Waals surface area contributed by atoms with Crippen molar-refractivity contribution in [3.63, 3.8) is 0 Å². The number of guanidine groups is 1. The molecule has 0 bridgehead atoms. The van der Waals surface area contributed by atoms with Crippen LogP contribution in [0.1, 0.15) is 40.5 Å². The standard InChI is InChI=1S/C13H27N3O/c1-5-14-12(15-8-7-13(2,3)4)16-9-6-11(17)10-16/h11,17H,5-10H2,1-4H3,(H,14,15)/t11-/m1/s1. The molecular weight excluding hydrogens is 214 g/mol. The van der Waals surface area contributed by atoms with Gasteiger partial charge in [-0.3, -0.25) is 4.99 Å². The number of β-amino-alcohol motifs (C(OH)–C–C–N with tert-alkyl or cyclic N) is 1. The molecule has 0 saturated carbocycles. The molecule has 100 valence electrons. The fraction of sp³-hybridized carbons (Fsp3) is 0.923. The van der Waals surface area contributed by atoms with Crippen molar-refractivity contribution < 1.29 is 5.11 Å². The number of hydrogen-bond donors (Lipinski definition) is 2. The zero-order valence-electron chi connectivity index (χ0n) is 11.7. The predicted octanol–water partition coefficient (Wildman–Crippen LogP) is 1.45. The number of nitrogens with one attached hydrogen (secondary N) is 1. The number of hydrogen-bond acceptors (Lipinski definition) is 2. The highest BCUT2D eigenvalue weighted by molar-refractivity contribution is 5.80. The topological polar surface area (TPSA) is 47.9 Å². The van der Waals surface area contributed by atoms with E-state index in [9.17, 15) is 5.11 Å². The summed E-state index contributed by atoms with van der Waals surface area (Å²) in [5.74, 6) is 0.952. The summed E-state index contributed by atoms with van der Waals surface area (Å²) >= 11 is 0. The van der Waals surface area contributed by atoms with Crippen molar-refractivity contribution in [3.8, 4) is 0 Å². The Labute approximate surface area is 105 Å². The lowest BCUT2D eigenvalue weighted by atomic mass is 9.92. The van der Waals surface area contributed by atoms with Gasteiger partial charge in [0.25, 0.3) is 0 Å². The van der Waals surface area contributed by atoms with Gasteiger partial charge in [0.1, 0.15) is 0 Å². The summed E-state index contributed by atoms with van der Waals surface area (Å²) in [6, 6.07) is 0. The molecule has 4 heteroatoms. The van der Waals surface area contributed by atoms with Crippen LogP contribution in [0.25, 0.3) is 0 Å². The van der Waals surface area contributed by atoms with Gasteiger partial charge in [0.2, 0.25) is 0 Å². The van der Waals surface area contributed by atoms with Gasteiger partial charge in [-0.2, -0.15) is 0 Å². The molecule has 0 spiro atoms. The Kier molecular flexibility index (Phi) is 5.25. The highest BCUT2D eigenvalue weighted by Gasteiger charge is 2.22. The predicted molar refractivity (Wildman–Crippen MR) is 72.2 cm³/mol. The van der Waals surface area contributed by atoms with E-state index in [4.69, 9.17) is 0 Å². The molecule has 0 radical (unpaired) electrons. The lowest BCUT2D eigenvalue weighted by Crippen LogP contribution is -2.40. The van der Waals surface area contributed by atoms with Crippen LogP contribution in [0.4, 0.5) is 0 Å². The van der Waals surface area contributed by atoms with Crippen LogP contribution >= 0.6 is 0 Å². The minimum atomic E-state index is -0.193. The van der Waals surface area contributed by atoms with E-state index in [1.807, 2.05) is 0 Å². The van der Waals surface area contributed by atoms with Crippen LogP contribution in [0.3, 0.4) is 0 Å². The van der Waals surface area contributed by atoms with Crippen molar-refractivity contribution in [2.24, 2.45) is 10.4 Å². The second-order valence-electron chi connectivity index (χ2n) is 5.93. The molecule has 1 saturated heterocycles. The number of rotatable bonds is 3. The molecule has 1 fully saturated rings. The Bertz CT molecular complexity index is 258. The third-order valence-electron chi connectivity index (χ3n) is 2.92. The van der Waals surface area contributed by atoms with E-state index < -0.39 is 0 Å². The zero-order chi connectivity index (χ0) is 12.9. The molecule has 0 aromatic carbocycles. The summed E-state index contributed by atoms with van der Waals surface area (Å²) < 4.78 is 0. The molecule has 1 atom stereocenters. The first kappa shape index (κ1) is 14.3. The lowest BCUT2D eigenvalue weighted by Gasteiger charge is -2.22. The van der Waals surface area contributed by atoms with Gasteiger partial charge in [0, 0.05) is 26.2 Å². The van der Waals surface area contributed by atoms with Crippen molar-refractivity contribution in [2.45, 2.75) is 46.6 Å². The Morgan fingerprint density at radius 3 is 2.65 bits per heavy atom. The highest BCUT2D eigenvalue weighted by atomic mass is 16.3. The van der Waals surface area contributed by atoms with Crippen molar-refractivity contribution in [3.05, 3.63) is 0 Å². The van der Waals surface area contributed by atoms with Crippen LogP contribution in [-0.4, -0.2) is 48.2 Å². The summed E-state index contributed by atoms with van der Waals surface area (Å²) in [5, 5.41) is 12.8. The maximum atomic E-state index is 9.55. The van der Waals surface area contributed by atoms with Crippen molar-refractivity contribution in [1.82, 2.24) is 10.2 Å². The van der Waals surface area contributed by atoms with Gasteiger partial charge in [-0.05, 0) is 25.2 Å². The first-order valence-corrected chi connectivity index (χ1v) is 6.63. The maximum Gasteiger partial charge on any atom is 0.194 e. The molecule has 0 aliphatic carbocycles. The van der Waals surface area contributed by atoms with Gasteiger partial charge in [0.15, 0.2) is 5.96 Å². The average molecular weight is 241 g/mol. The van der Waals surface area contributed by atoms with Gasteiger partial charge in [0.05, 0.1) is 6.10 Å². The van der Waals surface area contributed by atoms with E-state index >= 15 is 0 Å². The fourth-order valence-corrected chi connectivity index (χ4v) is 1.86. The van der Waals surface area contributed by atoms with Gasteiger partial charge in [-0.25, -0.2) is 0 Å². The molecule has 0 unspecified atom stereocenters. The molecule has 17 heavy (non-hydrogen) atoms. The molecule has 1 rings (SSSR count). The van der Waals surface area contributed by atoms with E-state index in [1.54, 1.807) is 0 Å². The van der Waals surface area contributed by atoms with Crippen LogP contribution in [0, 0.1) is 5.41 Å². The van der Waals surface area contributed by atoms with Crippen molar-refractivity contribution in [2.75, 3.05) is 26.2 Å². The van der Waals surface area contributed by atoms with E-state index in [-0.39, 0.29) is 6.10 Å². The van der Waals surface area contributed by atoms with Gasteiger partial charge in [-0.1, -0.05) is 20.8 Å². The largest absolute Gasteiger partial charge is 0.391 e. The molecule has 1 aliphatic heterocycles. The van der Waals surface area contributed by atoms with E-state index in [1.165, 1.54) is 0 Å². The summed E-state index contributed by atoms with van der Waals surface area (Å²) in [7, 11) is 0. The van der Waals surface area contributed by atoms with Crippen LogP contribution in [0.5, 0.6) is 0 Å². The molecular formula is C13H27N3O. The molecule has 1 heterocycles. The Morgan fingerprint density at radius 1 is 1.47 bits per heavy atom.